The number of hydrogen-bond acceptors (Lipinski definition) is 5. The molecule has 0 atom stereocenters. The second-order valence-corrected chi connectivity index (χ2v) is 7.37. The van der Waals surface area contributed by atoms with Gasteiger partial charge in [0.2, 0.25) is 0 Å². The van der Waals surface area contributed by atoms with E-state index in [-0.39, 0.29) is 11.6 Å². The summed E-state index contributed by atoms with van der Waals surface area (Å²) in [5, 5.41) is 0. The van der Waals surface area contributed by atoms with Crippen molar-refractivity contribution in [3.8, 4) is 0 Å². The number of nitrogens with two attached hydrogens (primary N) is 1. The summed E-state index contributed by atoms with van der Waals surface area (Å²) in [6.07, 6.45) is 6.65. The summed E-state index contributed by atoms with van der Waals surface area (Å²) in [5.41, 5.74) is 7.20. The average Bonchev–Trinajstić information content (AvgIpc) is 2.77. The minimum Gasteiger partial charge on any atom is -0.381 e. The van der Waals surface area contributed by atoms with E-state index in [1.165, 1.54) is 0 Å². The predicted octanol–water partition coefficient (Wildman–Crippen LogP) is 2.79. The minimum absolute atomic E-state index is 0.0484. The molecule has 2 N–H and O–H groups in total. The number of methoxy groups -OCH3 is 1. The highest BCUT2D eigenvalue weighted by atomic mass is 16.5. The molecule has 1 heterocycles. The van der Waals surface area contributed by atoms with Crippen molar-refractivity contribution in [3.05, 3.63) is 42.0 Å². The molecule has 1 aliphatic heterocycles. The second-order valence-electron chi connectivity index (χ2n) is 7.37. The second kappa shape index (κ2) is 11.9. The maximum absolute atomic E-state index is 12.4. The third-order valence-corrected chi connectivity index (χ3v) is 5.28. The number of benzene rings is 1. The van der Waals surface area contributed by atoms with Gasteiger partial charge in [-0.25, -0.2) is 4.79 Å². The molecule has 7 heteroatoms. The Balaban J connectivity index is 1.78. The fourth-order valence-electron chi connectivity index (χ4n) is 3.27. The van der Waals surface area contributed by atoms with Crippen molar-refractivity contribution in [1.29, 1.82) is 0 Å². The third-order valence-electron chi connectivity index (χ3n) is 5.28. The smallest absolute Gasteiger partial charge is 0.323 e. The largest absolute Gasteiger partial charge is 0.381 e. The van der Waals surface area contributed by atoms with Crippen LogP contribution in [0.15, 0.2) is 36.4 Å². The van der Waals surface area contributed by atoms with E-state index >= 15 is 0 Å². The Morgan fingerprint density at radius 3 is 2.55 bits per heavy atom. The molecule has 0 saturated carbocycles. The number of nitrogens with zero attached hydrogens (tertiary/aromatic N) is 2. The Bertz CT molecular complexity index is 642. The first-order valence-electron chi connectivity index (χ1n) is 10.2. The minimum atomic E-state index is -0.225. The van der Waals surface area contributed by atoms with E-state index in [0.29, 0.717) is 26.3 Å². The Hall–Kier alpha value is -1.93. The first-order chi connectivity index (χ1) is 14.0. The standard InChI is InChI=1S/C22H35N3O4/c1-24(14-5-13-23)21(26)25(2)20-8-6-19(7-9-20)18-29-15-4-10-22(27-3)11-16-28-17-12-22/h4,6-10H,5,11-18,23H2,1-3H3. The monoisotopic (exact) mass is 405 g/mol. The lowest BCUT2D eigenvalue weighted by molar-refractivity contribution is -0.0589. The molecule has 0 spiro atoms. The first kappa shape index (κ1) is 23.3. The maximum Gasteiger partial charge on any atom is 0.323 e. The van der Waals surface area contributed by atoms with Gasteiger partial charge in [0.25, 0.3) is 0 Å². The number of carbonyl (C=O) groups excluding carboxylic acids is 1. The molecular weight excluding hydrogens is 370 g/mol. The van der Waals surface area contributed by atoms with E-state index in [0.717, 1.165) is 43.7 Å². The van der Waals surface area contributed by atoms with Gasteiger partial charge in [-0.15, -0.1) is 0 Å². The van der Waals surface area contributed by atoms with Gasteiger partial charge in [0.15, 0.2) is 0 Å². The fraction of sp³-hybridized carbons (Fsp3) is 0.591. The summed E-state index contributed by atoms with van der Waals surface area (Å²) in [6, 6.07) is 7.79. The van der Waals surface area contributed by atoms with Crippen LogP contribution < -0.4 is 10.6 Å². The number of amides is 2. The Labute approximate surface area is 174 Å². The van der Waals surface area contributed by atoms with Crippen LogP contribution in [0.25, 0.3) is 0 Å². The maximum atomic E-state index is 12.4. The Morgan fingerprint density at radius 1 is 1.24 bits per heavy atom. The number of hydrogen-bond donors (Lipinski definition) is 1. The molecule has 7 nitrogen and oxygen atoms in total. The Kier molecular flexibility index (Phi) is 9.60. The summed E-state index contributed by atoms with van der Waals surface area (Å²) >= 11 is 0. The van der Waals surface area contributed by atoms with Crippen LogP contribution in [0.1, 0.15) is 24.8 Å². The van der Waals surface area contributed by atoms with Gasteiger partial charge < -0.3 is 24.8 Å². The van der Waals surface area contributed by atoms with E-state index < -0.39 is 0 Å². The van der Waals surface area contributed by atoms with Gasteiger partial charge in [0.05, 0.1) is 18.8 Å². The zero-order valence-corrected chi connectivity index (χ0v) is 17.9. The lowest BCUT2D eigenvalue weighted by Crippen LogP contribution is -2.39. The van der Waals surface area contributed by atoms with Crippen LogP contribution in [0.2, 0.25) is 0 Å². The van der Waals surface area contributed by atoms with Crippen LogP contribution in [0.4, 0.5) is 10.5 Å². The summed E-state index contributed by atoms with van der Waals surface area (Å²) in [4.78, 5) is 15.7. The van der Waals surface area contributed by atoms with E-state index in [1.807, 2.05) is 30.3 Å². The molecule has 0 aromatic heterocycles. The summed E-state index contributed by atoms with van der Waals surface area (Å²) < 4.78 is 16.8. The van der Waals surface area contributed by atoms with Crippen LogP contribution >= 0.6 is 0 Å². The predicted molar refractivity (Wildman–Crippen MR) is 115 cm³/mol. The molecule has 1 aliphatic rings. The number of ether oxygens (including phenoxy) is 3. The van der Waals surface area contributed by atoms with E-state index in [9.17, 15) is 4.79 Å². The molecule has 0 unspecified atom stereocenters. The normalized spacial score (nSPS) is 16.1. The van der Waals surface area contributed by atoms with E-state index in [2.05, 4.69) is 6.08 Å². The van der Waals surface area contributed by atoms with Crippen molar-refractivity contribution >= 4 is 11.7 Å². The Morgan fingerprint density at radius 2 is 1.93 bits per heavy atom. The van der Waals surface area contributed by atoms with Gasteiger partial charge >= 0.3 is 6.03 Å². The highest BCUT2D eigenvalue weighted by Crippen LogP contribution is 2.25. The van der Waals surface area contributed by atoms with Crippen LogP contribution in [0.3, 0.4) is 0 Å². The molecule has 2 amide bonds. The SMILES string of the molecule is COC1(C=CCOCc2ccc(N(C)C(=O)N(C)CCCN)cc2)CCOCC1. The van der Waals surface area contributed by atoms with Gasteiger partial charge in [-0.3, -0.25) is 4.90 Å². The molecule has 1 aromatic carbocycles. The lowest BCUT2D eigenvalue weighted by Gasteiger charge is -2.33. The third kappa shape index (κ3) is 7.12. The lowest BCUT2D eigenvalue weighted by atomic mass is 9.93. The van der Waals surface area contributed by atoms with Crippen LogP contribution in [-0.2, 0) is 20.8 Å². The van der Waals surface area contributed by atoms with Gasteiger partial charge in [0.1, 0.15) is 0 Å². The van der Waals surface area contributed by atoms with E-state index in [4.69, 9.17) is 19.9 Å². The summed E-state index contributed by atoms with van der Waals surface area (Å²) in [7, 11) is 5.31. The number of urea groups is 1. The molecule has 0 radical (unpaired) electrons. The van der Waals surface area contributed by atoms with Gasteiger partial charge in [-0.2, -0.15) is 0 Å². The molecule has 29 heavy (non-hydrogen) atoms. The molecular formula is C22H35N3O4. The molecule has 1 aromatic rings. The molecule has 0 aliphatic carbocycles. The van der Waals surface area contributed by atoms with Crippen LogP contribution in [-0.4, -0.2) is 70.6 Å². The van der Waals surface area contributed by atoms with Crippen molar-refractivity contribution in [2.75, 3.05) is 59.0 Å². The van der Waals surface area contributed by atoms with Crippen molar-refractivity contribution in [3.63, 3.8) is 0 Å². The highest BCUT2D eigenvalue weighted by Gasteiger charge is 2.29. The molecule has 0 bridgehead atoms. The molecule has 1 fully saturated rings. The van der Waals surface area contributed by atoms with Crippen LogP contribution in [0, 0.1) is 0 Å². The zero-order chi connectivity index (χ0) is 21.1. The number of carbonyl (C=O) groups is 1. The van der Waals surface area contributed by atoms with Gasteiger partial charge in [-0.1, -0.05) is 24.3 Å². The van der Waals surface area contributed by atoms with Crippen LogP contribution in [0.5, 0.6) is 0 Å². The summed E-state index contributed by atoms with van der Waals surface area (Å²) in [6.45, 7) is 3.72. The van der Waals surface area contributed by atoms with Crippen molar-refractivity contribution < 1.29 is 19.0 Å². The first-order valence-corrected chi connectivity index (χ1v) is 10.2. The average molecular weight is 406 g/mol. The number of rotatable bonds is 10. The van der Waals surface area contributed by atoms with Gasteiger partial charge in [-0.05, 0) is 30.7 Å². The molecule has 2 rings (SSSR count). The van der Waals surface area contributed by atoms with Gasteiger partial charge in [0, 0.05) is 59.5 Å². The zero-order valence-electron chi connectivity index (χ0n) is 17.9. The molecule has 1 saturated heterocycles. The topological polar surface area (TPSA) is 77.3 Å². The number of anilines is 1. The van der Waals surface area contributed by atoms with Crippen molar-refractivity contribution in [2.24, 2.45) is 5.73 Å². The van der Waals surface area contributed by atoms with Crippen molar-refractivity contribution in [1.82, 2.24) is 4.90 Å². The molecule has 162 valence electrons. The summed E-state index contributed by atoms with van der Waals surface area (Å²) in [5.74, 6) is 0. The highest BCUT2D eigenvalue weighted by molar-refractivity contribution is 5.91. The fourth-order valence-corrected chi connectivity index (χ4v) is 3.27. The van der Waals surface area contributed by atoms with Crippen molar-refractivity contribution in [2.45, 2.75) is 31.5 Å². The quantitative estimate of drug-likeness (QED) is 0.478. The van der Waals surface area contributed by atoms with E-state index in [1.54, 1.807) is 31.0 Å².